The minimum atomic E-state index is 0.0755. The highest BCUT2D eigenvalue weighted by atomic mass is 16.1. The SMILES string of the molecule is CN1C(=C2C=CC=CC2=O)[NH+](C)c2ccccc21. The summed E-state index contributed by atoms with van der Waals surface area (Å²) in [6.07, 6.45) is 7.20. The quantitative estimate of drug-likeness (QED) is 0.688. The van der Waals surface area contributed by atoms with Crippen LogP contribution >= 0.6 is 0 Å². The van der Waals surface area contributed by atoms with Crippen molar-refractivity contribution in [3.8, 4) is 0 Å². The molecule has 0 radical (unpaired) electrons. The van der Waals surface area contributed by atoms with Gasteiger partial charge in [0.1, 0.15) is 11.3 Å². The van der Waals surface area contributed by atoms with Gasteiger partial charge >= 0.3 is 0 Å². The van der Waals surface area contributed by atoms with Crippen LogP contribution in [0.4, 0.5) is 11.4 Å². The maximum atomic E-state index is 12.0. The highest BCUT2D eigenvalue weighted by Crippen LogP contribution is 2.30. The predicted octanol–water partition coefficient (Wildman–Crippen LogP) is 1.19. The van der Waals surface area contributed by atoms with Gasteiger partial charge in [0, 0.05) is 13.1 Å². The van der Waals surface area contributed by atoms with E-state index in [1.54, 1.807) is 12.2 Å². The second kappa shape index (κ2) is 3.96. The first-order valence-corrected chi connectivity index (χ1v) is 6.00. The number of nitrogens with one attached hydrogen (secondary N) is 1. The van der Waals surface area contributed by atoms with Crippen molar-refractivity contribution in [3.05, 3.63) is 60.0 Å². The van der Waals surface area contributed by atoms with Crippen LogP contribution in [0.5, 0.6) is 0 Å². The standard InChI is InChI=1S/C15H14N2O/c1-16-12-8-4-5-9-13(12)17(2)15(16)11-7-3-6-10-14(11)18/h3-10H,1-2H3/p+1. The van der Waals surface area contributed by atoms with Crippen LogP contribution in [-0.2, 0) is 4.79 Å². The molecule has 0 aromatic heterocycles. The molecule has 0 saturated heterocycles. The molecule has 1 N–H and O–H groups in total. The molecule has 3 nitrogen and oxygen atoms in total. The van der Waals surface area contributed by atoms with E-state index in [-0.39, 0.29) is 5.78 Å². The fourth-order valence-corrected chi connectivity index (χ4v) is 2.63. The number of rotatable bonds is 0. The van der Waals surface area contributed by atoms with Crippen molar-refractivity contribution in [3.63, 3.8) is 0 Å². The Bertz CT molecular complexity index is 580. The van der Waals surface area contributed by atoms with Gasteiger partial charge in [-0.05, 0) is 18.2 Å². The number of nitrogens with zero attached hydrogens (tertiary/aromatic N) is 1. The molecular formula is C15H15N2O+. The molecule has 0 saturated carbocycles. The van der Waals surface area contributed by atoms with Gasteiger partial charge in [-0.2, -0.15) is 0 Å². The monoisotopic (exact) mass is 239 g/mol. The van der Waals surface area contributed by atoms with Crippen LogP contribution in [0.3, 0.4) is 0 Å². The lowest BCUT2D eigenvalue weighted by atomic mass is 10.1. The van der Waals surface area contributed by atoms with Crippen molar-refractivity contribution < 1.29 is 9.69 Å². The molecule has 18 heavy (non-hydrogen) atoms. The average Bonchev–Trinajstić information content (AvgIpc) is 2.64. The van der Waals surface area contributed by atoms with Gasteiger partial charge in [-0.1, -0.05) is 24.3 Å². The second-order valence-corrected chi connectivity index (χ2v) is 4.55. The second-order valence-electron chi connectivity index (χ2n) is 4.55. The summed E-state index contributed by atoms with van der Waals surface area (Å²) in [5.74, 6) is 1.09. The third-order valence-corrected chi connectivity index (χ3v) is 3.50. The number of hydrogen-bond donors (Lipinski definition) is 1. The van der Waals surface area contributed by atoms with Gasteiger partial charge in [-0.15, -0.1) is 0 Å². The summed E-state index contributed by atoms with van der Waals surface area (Å²) in [5, 5.41) is 0. The summed E-state index contributed by atoms with van der Waals surface area (Å²) in [7, 11) is 4.08. The number of quaternary nitrogens is 1. The Kier molecular flexibility index (Phi) is 2.42. The molecule has 1 atom stereocenters. The first kappa shape index (κ1) is 11.0. The topological polar surface area (TPSA) is 24.8 Å². The van der Waals surface area contributed by atoms with Crippen molar-refractivity contribution in [2.24, 2.45) is 0 Å². The van der Waals surface area contributed by atoms with E-state index in [2.05, 4.69) is 24.1 Å². The lowest BCUT2D eigenvalue weighted by Crippen LogP contribution is -3.01. The van der Waals surface area contributed by atoms with Gasteiger partial charge in [0.2, 0.25) is 5.82 Å². The first-order chi connectivity index (χ1) is 8.70. The molecule has 1 unspecified atom stereocenters. The van der Waals surface area contributed by atoms with E-state index in [9.17, 15) is 4.79 Å². The molecule has 90 valence electrons. The van der Waals surface area contributed by atoms with Crippen LogP contribution in [0.15, 0.2) is 60.0 Å². The normalized spacial score (nSPS) is 25.8. The summed E-state index contributed by atoms with van der Waals surface area (Å²) >= 11 is 0. The molecule has 0 bridgehead atoms. The van der Waals surface area contributed by atoms with Crippen molar-refractivity contribution in [2.45, 2.75) is 0 Å². The lowest BCUT2D eigenvalue weighted by molar-refractivity contribution is -0.761. The van der Waals surface area contributed by atoms with E-state index in [0.717, 1.165) is 22.0 Å². The van der Waals surface area contributed by atoms with Gasteiger partial charge in [0.25, 0.3) is 0 Å². The molecule has 0 fully saturated rings. The molecule has 0 amide bonds. The van der Waals surface area contributed by atoms with E-state index in [1.807, 2.05) is 31.3 Å². The fraction of sp³-hybridized carbons (Fsp3) is 0.133. The third-order valence-electron chi connectivity index (χ3n) is 3.50. The van der Waals surface area contributed by atoms with Gasteiger partial charge in [0.05, 0.1) is 7.05 Å². The Morgan fingerprint density at radius 1 is 1.11 bits per heavy atom. The summed E-state index contributed by atoms with van der Waals surface area (Å²) in [5.41, 5.74) is 3.14. The Morgan fingerprint density at radius 3 is 2.56 bits per heavy atom. The molecule has 3 heteroatoms. The number of fused-ring (bicyclic) bond motifs is 1. The Hall–Kier alpha value is -2.13. The number of para-hydroxylation sites is 2. The molecule has 3 rings (SSSR count). The number of allylic oxidation sites excluding steroid dienone is 5. The highest BCUT2D eigenvalue weighted by molar-refractivity contribution is 6.08. The van der Waals surface area contributed by atoms with Crippen LogP contribution in [0.2, 0.25) is 0 Å². The van der Waals surface area contributed by atoms with Crippen LogP contribution in [0.1, 0.15) is 0 Å². The van der Waals surface area contributed by atoms with E-state index >= 15 is 0 Å². The van der Waals surface area contributed by atoms with Crippen molar-refractivity contribution in [2.75, 3.05) is 19.0 Å². The largest absolute Gasteiger partial charge is 0.294 e. The first-order valence-electron chi connectivity index (χ1n) is 6.00. The maximum Gasteiger partial charge on any atom is 0.223 e. The number of carbonyl (C=O) groups excluding carboxylic acids is 1. The van der Waals surface area contributed by atoms with Crippen molar-refractivity contribution in [1.29, 1.82) is 0 Å². The van der Waals surface area contributed by atoms with E-state index in [1.165, 1.54) is 5.69 Å². The predicted molar refractivity (Wildman–Crippen MR) is 71.7 cm³/mol. The zero-order valence-corrected chi connectivity index (χ0v) is 10.5. The van der Waals surface area contributed by atoms with Crippen molar-refractivity contribution in [1.82, 2.24) is 0 Å². The molecule has 0 spiro atoms. The summed E-state index contributed by atoms with van der Waals surface area (Å²) in [6.45, 7) is 0. The van der Waals surface area contributed by atoms with Crippen molar-refractivity contribution >= 4 is 17.2 Å². The zero-order valence-electron chi connectivity index (χ0n) is 10.5. The van der Waals surface area contributed by atoms with Gasteiger partial charge in [-0.3, -0.25) is 14.6 Å². The van der Waals surface area contributed by atoms with Gasteiger partial charge in [-0.25, -0.2) is 0 Å². The number of ketones is 1. The summed E-state index contributed by atoms with van der Waals surface area (Å²) < 4.78 is 0. The zero-order chi connectivity index (χ0) is 12.7. The van der Waals surface area contributed by atoms with Crippen LogP contribution in [0.25, 0.3) is 0 Å². The molecule has 1 aliphatic heterocycles. The molecule has 2 aliphatic rings. The fourth-order valence-electron chi connectivity index (χ4n) is 2.63. The maximum absolute atomic E-state index is 12.0. The smallest absolute Gasteiger partial charge is 0.223 e. The van der Waals surface area contributed by atoms with E-state index < -0.39 is 0 Å². The molecular weight excluding hydrogens is 224 g/mol. The van der Waals surface area contributed by atoms with E-state index in [4.69, 9.17) is 0 Å². The number of benzene rings is 1. The summed E-state index contributed by atoms with van der Waals surface area (Å²) in [4.78, 5) is 15.2. The molecule has 1 aromatic carbocycles. The van der Waals surface area contributed by atoms with Gasteiger partial charge in [0.15, 0.2) is 11.5 Å². The lowest BCUT2D eigenvalue weighted by Gasteiger charge is -2.16. The minimum absolute atomic E-state index is 0.0755. The molecule has 1 aliphatic carbocycles. The molecule has 1 heterocycles. The van der Waals surface area contributed by atoms with E-state index in [0.29, 0.717) is 0 Å². The minimum Gasteiger partial charge on any atom is -0.294 e. The van der Waals surface area contributed by atoms with Gasteiger partial charge < -0.3 is 0 Å². The number of anilines is 1. The van der Waals surface area contributed by atoms with Crippen LogP contribution in [-0.4, -0.2) is 19.9 Å². The van der Waals surface area contributed by atoms with Crippen LogP contribution in [0, 0.1) is 0 Å². The number of hydrogen-bond acceptors (Lipinski definition) is 2. The van der Waals surface area contributed by atoms with Crippen LogP contribution < -0.4 is 9.80 Å². The Balaban J connectivity index is 2.17. The third kappa shape index (κ3) is 1.45. The number of carbonyl (C=O) groups is 1. The molecule has 1 aromatic rings. The highest BCUT2D eigenvalue weighted by Gasteiger charge is 2.35. The average molecular weight is 239 g/mol. The Labute approximate surface area is 106 Å². The summed E-state index contributed by atoms with van der Waals surface area (Å²) in [6, 6.07) is 8.23. The Morgan fingerprint density at radius 2 is 1.83 bits per heavy atom.